The summed E-state index contributed by atoms with van der Waals surface area (Å²) in [5, 5.41) is 11.9. The molecule has 1 heterocycles. The minimum atomic E-state index is -0.244. The summed E-state index contributed by atoms with van der Waals surface area (Å²) in [5.41, 5.74) is 9.65. The molecule has 0 saturated carbocycles. The molecule has 0 unspecified atom stereocenters. The zero-order valence-electron chi connectivity index (χ0n) is 14.7. The molecule has 1 aliphatic rings. The van der Waals surface area contributed by atoms with E-state index >= 15 is 0 Å². The van der Waals surface area contributed by atoms with Crippen LogP contribution in [0.25, 0.3) is 10.8 Å². The normalized spacial score (nSPS) is 16.0. The highest BCUT2D eigenvalue weighted by Crippen LogP contribution is 2.45. The number of rotatable bonds is 2. The molecule has 1 atom stereocenters. The van der Waals surface area contributed by atoms with E-state index in [-0.39, 0.29) is 11.8 Å². The summed E-state index contributed by atoms with van der Waals surface area (Å²) in [5.74, 6) is 0.643. The molecular weight excluding hydrogens is 322 g/mol. The monoisotopic (exact) mass is 341 g/mol. The van der Waals surface area contributed by atoms with Crippen molar-refractivity contribution < 1.29 is 4.74 Å². The third-order valence-electron chi connectivity index (χ3n) is 4.86. The lowest BCUT2D eigenvalue weighted by atomic mass is 9.81. The first-order valence-corrected chi connectivity index (χ1v) is 8.46. The van der Waals surface area contributed by atoms with Gasteiger partial charge in [0.05, 0.1) is 5.92 Å². The molecule has 3 aromatic carbocycles. The van der Waals surface area contributed by atoms with Gasteiger partial charge in [-0.1, -0.05) is 42.5 Å². The Balaban J connectivity index is 1.98. The van der Waals surface area contributed by atoms with E-state index in [0.717, 1.165) is 27.6 Å². The third-order valence-corrected chi connectivity index (χ3v) is 4.86. The van der Waals surface area contributed by atoms with Crippen LogP contribution in [0.1, 0.15) is 17.0 Å². The lowest BCUT2D eigenvalue weighted by Gasteiger charge is -2.28. The van der Waals surface area contributed by atoms with Crippen LogP contribution >= 0.6 is 0 Å². The average Bonchev–Trinajstić information content (AvgIpc) is 2.66. The summed E-state index contributed by atoms with van der Waals surface area (Å²) in [6.45, 7) is 0. The SMILES string of the molecule is CN(C)c1ccc([C@H]2C(C#N)=C(N)Oc3ccc4ccccc4c32)cc1. The highest BCUT2D eigenvalue weighted by molar-refractivity contribution is 5.90. The Morgan fingerprint density at radius 2 is 1.73 bits per heavy atom. The smallest absolute Gasteiger partial charge is 0.205 e. The van der Waals surface area contributed by atoms with E-state index < -0.39 is 0 Å². The fourth-order valence-electron chi connectivity index (χ4n) is 3.54. The molecule has 4 rings (SSSR count). The Hall–Kier alpha value is -3.45. The lowest BCUT2D eigenvalue weighted by Crippen LogP contribution is -2.21. The van der Waals surface area contributed by atoms with Gasteiger partial charge in [-0.25, -0.2) is 0 Å². The second-order valence-electron chi connectivity index (χ2n) is 6.61. The number of hydrogen-bond acceptors (Lipinski definition) is 4. The fraction of sp³-hybridized carbons (Fsp3) is 0.136. The number of ether oxygens (including phenoxy) is 1. The van der Waals surface area contributed by atoms with Crippen molar-refractivity contribution in [3.8, 4) is 11.8 Å². The Morgan fingerprint density at radius 1 is 1.00 bits per heavy atom. The second kappa shape index (κ2) is 6.12. The first kappa shape index (κ1) is 16.0. The van der Waals surface area contributed by atoms with Crippen molar-refractivity contribution in [2.45, 2.75) is 5.92 Å². The molecule has 0 aromatic heterocycles. The third kappa shape index (κ3) is 2.46. The van der Waals surface area contributed by atoms with Gasteiger partial charge in [-0.05, 0) is 34.5 Å². The van der Waals surface area contributed by atoms with Gasteiger partial charge in [0.15, 0.2) is 0 Å². The molecule has 1 aliphatic heterocycles. The van der Waals surface area contributed by atoms with Crippen LogP contribution in [0, 0.1) is 11.3 Å². The van der Waals surface area contributed by atoms with Crippen molar-refractivity contribution in [2.75, 3.05) is 19.0 Å². The molecule has 128 valence electrons. The van der Waals surface area contributed by atoms with E-state index in [2.05, 4.69) is 42.5 Å². The van der Waals surface area contributed by atoms with E-state index in [1.54, 1.807) is 0 Å². The van der Waals surface area contributed by atoms with Gasteiger partial charge in [0, 0.05) is 25.3 Å². The zero-order valence-corrected chi connectivity index (χ0v) is 14.7. The minimum Gasteiger partial charge on any atom is -0.440 e. The molecule has 0 bridgehead atoms. The number of allylic oxidation sites excluding steroid dienone is 1. The quantitative estimate of drug-likeness (QED) is 0.761. The lowest BCUT2D eigenvalue weighted by molar-refractivity contribution is 0.395. The predicted molar refractivity (Wildman–Crippen MR) is 104 cm³/mol. The fourth-order valence-corrected chi connectivity index (χ4v) is 3.54. The number of nitriles is 1. The Labute approximate surface area is 152 Å². The molecule has 0 spiro atoms. The summed E-state index contributed by atoms with van der Waals surface area (Å²) >= 11 is 0. The number of fused-ring (bicyclic) bond motifs is 3. The highest BCUT2D eigenvalue weighted by Gasteiger charge is 2.32. The summed E-state index contributed by atoms with van der Waals surface area (Å²) in [4.78, 5) is 2.05. The number of hydrogen-bond donors (Lipinski definition) is 1. The van der Waals surface area contributed by atoms with Crippen molar-refractivity contribution in [1.29, 1.82) is 5.26 Å². The predicted octanol–water partition coefficient (Wildman–Crippen LogP) is 4.12. The van der Waals surface area contributed by atoms with Crippen LogP contribution in [0.5, 0.6) is 5.75 Å². The summed E-state index contributed by atoms with van der Waals surface area (Å²) in [7, 11) is 4.01. The van der Waals surface area contributed by atoms with Crippen LogP contribution in [-0.2, 0) is 0 Å². The average molecular weight is 341 g/mol. The van der Waals surface area contributed by atoms with Crippen LogP contribution < -0.4 is 15.4 Å². The van der Waals surface area contributed by atoms with Crippen molar-refractivity contribution in [3.05, 3.63) is 83.2 Å². The number of nitrogens with zero attached hydrogens (tertiary/aromatic N) is 2. The molecule has 0 aliphatic carbocycles. The molecule has 0 radical (unpaired) electrons. The Kier molecular flexibility index (Phi) is 3.78. The summed E-state index contributed by atoms with van der Waals surface area (Å²) in [6, 6.07) is 22.6. The van der Waals surface area contributed by atoms with Crippen molar-refractivity contribution in [2.24, 2.45) is 5.73 Å². The maximum absolute atomic E-state index is 9.76. The van der Waals surface area contributed by atoms with Gasteiger partial charge in [-0.2, -0.15) is 5.26 Å². The largest absolute Gasteiger partial charge is 0.440 e. The van der Waals surface area contributed by atoms with Gasteiger partial charge >= 0.3 is 0 Å². The Morgan fingerprint density at radius 3 is 2.42 bits per heavy atom. The number of benzene rings is 3. The summed E-state index contributed by atoms with van der Waals surface area (Å²) < 4.78 is 5.78. The van der Waals surface area contributed by atoms with E-state index in [1.165, 1.54) is 0 Å². The molecule has 26 heavy (non-hydrogen) atoms. The first-order valence-electron chi connectivity index (χ1n) is 8.46. The molecule has 0 fully saturated rings. The van der Waals surface area contributed by atoms with Gasteiger partial charge < -0.3 is 15.4 Å². The standard InChI is InChI=1S/C22H19N3O/c1-25(2)16-10-7-15(8-11-16)20-18(13-23)22(24)26-19-12-9-14-5-3-4-6-17(14)21(19)20/h3-12,20H,24H2,1-2H3/t20-/m0/s1. The van der Waals surface area contributed by atoms with E-state index in [0.29, 0.717) is 11.3 Å². The van der Waals surface area contributed by atoms with Crippen LogP contribution in [0.2, 0.25) is 0 Å². The van der Waals surface area contributed by atoms with Gasteiger partial charge in [0.25, 0.3) is 0 Å². The maximum Gasteiger partial charge on any atom is 0.205 e. The van der Waals surface area contributed by atoms with Crippen LogP contribution in [0.15, 0.2) is 72.1 Å². The molecule has 2 N–H and O–H groups in total. The van der Waals surface area contributed by atoms with Crippen molar-refractivity contribution in [3.63, 3.8) is 0 Å². The maximum atomic E-state index is 9.76. The van der Waals surface area contributed by atoms with E-state index in [4.69, 9.17) is 10.5 Å². The highest BCUT2D eigenvalue weighted by atomic mass is 16.5. The van der Waals surface area contributed by atoms with Gasteiger partial charge in [-0.3, -0.25) is 0 Å². The Bertz CT molecular complexity index is 1060. The van der Waals surface area contributed by atoms with Gasteiger partial charge in [0.1, 0.15) is 17.4 Å². The van der Waals surface area contributed by atoms with E-state index in [1.807, 2.05) is 43.3 Å². The number of nitrogens with two attached hydrogens (primary N) is 1. The van der Waals surface area contributed by atoms with Gasteiger partial charge in [-0.15, -0.1) is 0 Å². The molecule has 4 nitrogen and oxygen atoms in total. The first-order chi connectivity index (χ1) is 12.6. The zero-order chi connectivity index (χ0) is 18.3. The molecule has 3 aromatic rings. The van der Waals surface area contributed by atoms with Crippen molar-refractivity contribution in [1.82, 2.24) is 0 Å². The molecule has 4 heteroatoms. The summed E-state index contributed by atoms with van der Waals surface area (Å²) in [6.07, 6.45) is 0. The minimum absolute atomic E-state index is 0.178. The molecular formula is C22H19N3O. The second-order valence-corrected chi connectivity index (χ2v) is 6.61. The number of anilines is 1. The van der Waals surface area contributed by atoms with Gasteiger partial charge in [0.2, 0.25) is 5.88 Å². The topological polar surface area (TPSA) is 62.3 Å². The van der Waals surface area contributed by atoms with Crippen LogP contribution in [0.3, 0.4) is 0 Å². The van der Waals surface area contributed by atoms with E-state index in [9.17, 15) is 5.26 Å². The van der Waals surface area contributed by atoms with Crippen molar-refractivity contribution >= 4 is 16.5 Å². The molecule has 0 amide bonds. The van der Waals surface area contributed by atoms with Crippen LogP contribution in [0.4, 0.5) is 5.69 Å². The van der Waals surface area contributed by atoms with Crippen LogP contribution in [-0.4, -0.2) is 14.1 Å². The molecule has 0 saturated heterocycles.